The summed E-state index contributed by atoms with van der Waals surface area (Å²) in [5.74, 6) is -0.528. The van der Waals surface area contributed by atoms with E-state index >= 15 is 0 Å². The minimum absolute atomic E-state index is 0.300. The largest absolute Gasteiger partial charge is 0.481 e. The highest BCUT2D eigenvalue weighted by molar-refractivity contribution is 5.69. The molecule has 0 aromatic heterocycles. The summed E-state index contributed by atoms with van der Waals surface area (Å²) in [6.07, 6.45) is 0.640. The fourth-order valence-electron chi connectivity index (χ4n) is 1.74. The molecule has 0 aliphatic heterocycles. The highest BCUT2D eigenvalue weighted by Gasteiger charge is 2.10. The van der Waals surface area contributed by atoms with E-state index in [1.54, 1.807) is 6.92 Å². The lowest BCUT2D eigenvalue weighted by Gasteiger charge is -2.14. The molecule has 0 heterocycles. The molecule has 0 bridgehead atoms. The number of nitrogens with one attached hydrogen (secondary N) is 1. The number of hydrogen-bond acceptors (Lipinski definition) is 2. The molecular formula is C15H23NO2. The Bertz CT molecular complexity index is 413. The molecule has 0 aliphatic rings. The van der Waals surface area contributed by atoms with Gasteiger partial charge in [-0.15, -0.1) is 0 Å². The molecule has 100 valence electrons. The summed E-state index contributed by atoms with van der Waals surface area (Å²) in [5, 5.41) is 12.2. The van der Waals surface area contributed by atoms with Crippen molar-refractivity contribution in [3.05, 3.63) is 29.3 Å². The van der Waals surface area contributed by atoms with Crippen LogP contribution >= 0.6 is 0 Å². The lowest BCUT2D eigenvalue weighted by Crippen LogP contribution is -2.14. The molecular weight excluding hydrogens is 226 g/mol. The lowest BCUT2D eigenvalue weighted by molar-refractivity contribution is -0.141. The maximum atomic E-state index is 10.7. The van der Waals surface area contributed by atoms with Crippen LogP contribution in [-0.2, 0) is 4.79 Å². The van der Waals surface area contributed by atoms with Crippen molar-refractivity contribution in [1.29, 1.82) is 0 Å². The summed E-state index contributed by atoms with van der Waals surface area (Å²) < 4.78 is 0. The number of aliphatic carboxylic acids is 1. The van der Waals surface area contributed by atoms with Crippen molar-refractivity contribution < 1.29 is 9.90 Å². The van der Waals surface area contributed by atoms with Gasteiger partial charge in [-0.1, -0.05) is 32.9 Å². The Kier molecular flexibility index (Phi) is 5.20. The van der Waals surface area contributed by atoms with Crippen molar-refractivity contribution in [1.82, 2.24) is 0 Å². The first-order valence-corrected chi connectivity index (χ1v) is 6.49. The first kappa shape index (κ1) is 14.6. The molecule has 2 N–H and O–H groups in total. The maximum absolute atomic E-state index is 10.7. The third-order valence-corrected chi connectivity index (χ3v) is 3.24. The Morgan fingerprint density at radius 2 is 2.00 bits per heavy atom. The first-order chi connectivity index (χ1) is 8.41. The lowest BCUT2D eigenvalue weighted by atomic mass is 10.0. The fraction of sp³-hybridized carbons (Fsp3) is 0.533. The minimum atomic E-state index is -0.732. The Morgan fingerprint density at radius 3 is 2.56 bits per heavy atom. The van der Waals surface area contributed by atoms with Gasteiger partial charge in [-0.2, -0.15) is 0 Å². The molecule has 0 saturated carbocycles. The molecule has 3 nitrogen and oxygen atoms in total. The van der Waals surface area contributed by atoms with Gasteiger partial charge in [0, 0.05) is 12.2 Å². The third-order valence-electron chi connectivity index (χ3n) is 3.24. The van der Waals surface area contributed by atoms with Crippen LogP contribution < -0.4 is 5.32 Å². The molecule has 1 unspecified atom stereocenters. The van der Waals surface area contributed by atoms with Gasteiger partial charge >= 0.3 is 5.97 Å². The molecule has 0 radical (unpaired) electrons. The summed E-state index contributed by atoms with van der Waals surface area (Å²) in [5.41, 5.74) is 3.61. The van der Waals surface area contributed by atoms with Crippen molar-refractivity contribution >= 4 is 11.7 Å². The number of aryl methyl sites for hydroxylation is 1. The highest BCUT2D eigenvalue weighted by Crippen LogP contribution is 2.22. The second-order valence-electron chi connectivity index (χ2n) is 5.18. The van der Waals surface area contributed by atoms with E-state index in [9.17, 15) is 4.79 Å². The van der Waals surface area contributed by atoms with Crippen molar-refractivity contribution in [3.63, 3.8) is 0 Å². The van der Waals surface area contributed by atoms with E-state index in [4.69, 9.17) is 5.11 Å². The van der Waals surface area contributed by atoms with Crippen LogP contribution in [0.3, 0.4) is 0 Å². The van der Waals surface area contributed by atoms with Crippen LogP contribution in [0.5, 0.6) is 0 Å². The zero-order valence-electron chi connectivity index (χ0n) is 11.7. The van der Waals surface area contributed by atoms with Gasteiger partial charge in [-0.25, -0.2) is 0 Å². The van der Waals surface area contributed by atoms with Gasteiger partial charge in [0.2, 0.25) is 0 Å². The Morgan fingerprint density at radius 1 is 1.33 bits per heavy atom. The van der Waals surface area contributed by atoms with E-state index in [1.165, 1.54) is 11.1 Å². The molecule has 3 heteroatoms. The summed E-state index contributed by atoms with van der Waals surface area (Å²) >= 11 is 0. The quantitative estimate of drug-likeness (QED) is 0.809. The van der Waals surface area contributed by atoms with Gasteiger partial charge in [0.25, 0.3) is 0 Å². The zero-order chi connectivity index (χ0) is 13.7. The predicted octanol–water partition coefficient (Wildman–Crippen LogP) is 3.64. The smallest absolute Gasteiger partial charge is 0.306 e. The molecule has 0 fully saturated rings. The van der Waals surface area contributed by atoms with E-state index < -0.39 is 5.97 Å². The van der Waals surface area contributed by atoms with Crippen LogP contribution in [0.4, 0.5) is 5.69 Å². The number of carbonyl (C=O) groups is 1. The predicted molar refractivity (Wildman–Crippen MR) is 75.2 cm³/mol. The van der Waals surface area contributed by atoms with E-state index in [0.717, 1.165) is 5.69 Å². The summed E-state index contributed by atoms with van der Waals surface area (Å²) in [6, 6.07) is 6.41. The van der Waals surface area contributed by atoms with E-state index in [0.29, 0.717) is 18.9 Å². The van der Waals surface area contributed by atoms with Gasteiger partial charge in [-0.3, -0.25) is 4.79 Å². The molecule has 1 aromatic rings. The molecule has 1 atom stereocenters. The molecule has 0 aliphatic carbocycles. The number of anilines is 1. The number of carboxylic acids is 1. The van der Waals surface area contributed by atoms with Crippen LogP contribution in [0.25, 0.3) is 0 Å². The average Bonchev–Trinajstić information content (AvgIpc) is 2.30. The molecule has 1 rings (SSSR count). The Balaban J connectivity index is 2.61. The monoisotopic (exact) mass is 249 g/mol. The summed E-state index contributed by atoms with van der Waals surface area (Å²) in [7, 11) is 0. The van der Waals surface area contributed by atoms with Crippen molar-refractivity contribution in [2.24, 2.45) is 5.92 Å². The van der Waals surface area contributed by atoms with Crippen molar-refractivity contribution in [3.8, 4) is 0 Å². The van der Waals surface area contributed by atoms with Gasteiger partial charge in [0.1, 0.15) is 0 Å². The molecule has 0 spiro atoms. The highest BCUT2D eigenvalue weighted by atomic mass is 16.4. The van der Waals surface area contributed by atoms with Crippen LogP contribution in [0.15, 0.2) is 18.2 Å². The molecule has 18 heavy (non-hydrogen) atoms. The van der Waals surface area contributed by atoms with Crippen LogP contribution in [0.1, 0.15) is 44.2 Å². The topological polar surface area (TPSA) is 49.3 Å². The van der Waals surface area contributed by atoms with Gasteiger partial charge in [0.05, 0.1) is 5.92 Å². The second kappa shape index (κ2) is 6.43. The number of rotatable bonds is 6. The van der Waals surface area contributed by atoms with Crippen LogP contribution in [0.2, 0.25) is 0 Å². The third kappa shape index (κ3) is 4.06. The van der Waals surface area contributed by atoms with Gasteiger partial charge < -0.3 is 10.4 Å². The standard InChI is InChI=1S/C15H23NO2/c1-10(2)13-6-5-11(3)14(9-13)16-8-7-12(4)15(17)18/h5-6,9-10,12,16H,7-8H2,1-4H3,(H,17,18). The summed E-state index contributed by atoms with van der Waals surface area (Å²) in [4.78, 5) is 10.7. The SMILES string of the molecule is Cc1ccc(C(C)C)cc1NCCC(C)C(=O)O. The number of carboxylic acid groups (broad SMARTS) is 1. The van der Waals surface area contributed by atoms with E-state index in [2.05, 4.69) is 44.3 Å². The average molecular weight is 249 g/mol. The van der Waals surface area contributed by atoms with Gasteiger partial charge in [0.15, 0.2) is 0 Å². The molecule has 0 saturated heterocycles. The van der Waals surface area contributed by atoms with Crippen LogP contribution in [0, 0.1) is 12.8 Å². The number of hydrogen-bond donors (Lipinski definition) is 2. The molecule has 0 amide bonds. The zero-order valence-corrected chi connectivity index (χ0v) is 11.7. The van der Waals surface area contributed by atoms with Crippen molar-refractivity contribution in [2.75, 3.05) is 11.9 Å². The molecule has 1 aromatic carbocycles. The fourth-order valence-corrected chi connectivity index (χ4v) is 1.74. The number of benzene rings is 1. The van der Waals surface area contributed by atoms with E-state index in [1.807, 2.05) is 0 Å². The Labute approximate surface area is 109 Å². The van der Waals surface area contributed by atoms with E-state index in [-0.39, 0.29) is 5.92 Å². The second-order valence-corrected chi connectivity index (χ2v) is 5.18. The van der Waals surface area contributed by atoms with Gasteiger partial charge in [-0.05, 0) is 36.5 Å². The first-order valence-electron chi connectivity index (χ1n) is 6.49. The Hall–Kier alpha value is -1.51. The summed E-state index contributed by atoms with van der Waals surface area (Å²) in [6.45, 7) is 8.83. The normalized spacial score (nSPS) is 12.5. The maximum Gasteiger partial charge on any atom is 0.306 e. The van der Waals surface area contributed by atoms with Crippen LogP contribution in [-0.4, -0.2) is 17.6 Å². The minimum Gasteiger partial charge on any atom is -0.481 e. The van der Waals surface area contributed by atoms with Crippen molar-refractivity contribution in [2.45, 2.75) is 40.0 Å².